The monoisotopic (exact) mass is 569 g/mol. The van der Waals surface area contributed by atoms with Crippen LogP contribution in [0.4, 0.5) is 4.39 Å². The number of esters is 1. The second kappa shape index (κ2) is 14.6. The zero-order valence-electron chi connectivity index (χ0n) is 23.4. The van der Waals surface area contributed by atoms with Crippen LogP contribution >= 0.6 is 0 Å². The number of pyridine rings is 1. The average Bonchev–Trinajstić information content (AvgIpc) is 2.98. The van der Waals surface area contributed by atoms with Gasteiger partial charge in [-0.1, -0.05) is 19.1 Å². The maximum absolute atomic E-state index is 15.2. The van der Waals surface area contributed by atoms with E-state index in [1.165, 1.54) is 12.1 Å². The molecule has 1 N–H and O–H groups in total. The third-order valence-electron chi connectivity index (χ3n) is 6.59. The molecule has 220 valence electrons. The highest BCUT2D eigenvalue weighted by atomic mass is 19.1. The Labute approximate surface area is 237 Å². The van der Waals surface area contributed by atoms with Gasteiger partial charge in [-0.05, 0) is 43.2 Å². The van der Waals surface area contributed by atoms with Gasteiger partial charge in [0.1, 0.15) is 23.9 Å². The van der Waals surface area contributed by atoms with Crippen molar-refractivity contribution in [1.82, 2.24) is 14.8 Å². The lowest BCUT2D eigenvalue weighted by Crippen LogP contribution is -2.41. The number of morpholine rings is 1. The van der Waals surface area contributed by atoms with Gasteiger partial charge in [0, 0.05) is 37.9 Å². The minimum atomic E-state index is -0.702. The molecule has 1 aliphatic heterocycles. The Morgan fingerprint density at radius 1 is 1.05 bits per heavy atom. The smallest absolute Gasteiger partial charge is 0.344 e. The normalized spacial score (nSPS) is 13.6. The van der Waals surface area contributed by atoms with E-state index in [-0.39, 0.29) is 42.1 Å². The largest absolute Gasteiger partial charge is 0.491 e. The van der Waals surface area contributed by atoms with Gasteiger partial charge in [-0.25, -0.2) is 9.18 Å². The van der Waals surface area contributed by atoms with E-state index in [4.69, 9.17) is 18.9 Å². The molecule has 0 atom stereocenters. The molecule has 3 aromatic rings. The number of carbonyl (C=O) groups excluding carboxylic acids is 2. The van der Waals surface area contributed by atoms with Crippen LogP contribution in [0.3, 0.4) is 0 Å². The predicted octanol–water partition coefficient (Wildman–Crippen LogP) is 2.99. The molecular formula is C30H36FN3O7. The summed E-state index contributed by atoms with van der Waals surface area (Å²) in [5, 5.41) is 2.77. The van der Waals surface area contributed by atoms with Gasteiger partial charge in [-0.15, -0.1) is 0 Å². The Kier molecular flexibility index (Phi) is 10.7. The minimum Gasteiger partial charge on any atom is -0.491 e. The van der Waals surface area contributed by atoms with Gasteiger partial charge in [0.2, 0.25) is 5.91 Å². The summed E-state index contributed by atoms with van der Waals surface area (Å²) in [6.07, 6.45) is 2.27. The first-order chi connectivity index (χ1) is 19.9. The Morgan fingerprint density at radius 2 is 1.80 bits per heavy atom. The van der Waals surface area contributed by atoms with E-state index in [1.54, 1.807) is 42.0 Å². The minimum absolute atomic E-state index is 0.139. The van der Waals surface area contributed by atoms with E-state index in [2.05, 4.69) is 10.2 Å². The third kappa shape index (κ3) is 7.83. The molecule has 2 heterocycles. The molecule has 41 heavy (non-hydrogen) atoms. The van der Waals surface area contributed by atoms with Gasteiger partial charge in [0.05, 0.1) is 37.3 Å². The molecule has 0 bridgehead atoms. The van der Waals surface area contributed by atoms with Gasteiger partial charge in [0.15, 0.2) is 12.0 Å². The second-order valence-corrected chi connectivity index (χ2v) is 9.54. The van der Waals surface area contributed by atoms with Crippen molar-refractivity contribution in [3.63, 3.8) is 0 Å². The number of nitrogens with one attached hydrogen (secondary N) is 1. The number of halogens is 1. The van der Waals surface area contributed by atoms with E-state index in [0.717, 1.165) is 13.1 Å². The molecule has 1 amide bonds. The quantitative estimate of drug-likeness (QED) is 0.313. The first kappa shape index (κ1) is 30.0. The molecule has 0 unspecified atom stereocenters. The van der Waals surface area contributed by atoms with Crippen LogP contribution in [-0.4, -0.2) is 80.6 Å². The third-order valence-corrected chi connectivity index (χ3v) is 6.59. The predicted molar refractivity (Wildman–Crippen MR) is 152 cm³/mol. The maximum Gasteiger partial charge on any atom is 0.344 e. The number of amides is 1. The molecule has 0 saturated carbocycles. The maximum atomic E-state index is 15.2. The summed E-state index contributed by atoms with van der Waals surface area (Å²) in [5.74, 6) is -0.734. The summed E-state index contributed by atoms with van der Waals surface area (Å²) >= 11 is 0. The van der Waals surface area contributed by atoms with Crippen molar-refractivity contribution in [2.45, 2.75) is 26.8 Å². The number of ether oxygens (including phenoxy) is 4. The number of carbonyl (C=O) groups is 2. The first-order valence-corrected chi connectivity index (χ1v) is 13.8. The molecular weight excluding hydrogens is 533 g/mol. The van der Waals surface area contributed by atoms with E-state index in [0.29, 0.717) is 56.4 Å². The van der Waals surface area contributed by atoms with Crippen molar-refractivity contribution in [1.29, 1.82) is 0 Å². The summed E-state index contributed by atoms with van der Waals surface area (Å²) in [6, 6.07) is 9.19. The van der Waals surface area contributed by atoms with E-state index in [9.17, 15) is 14.4 Å². The van der Waals surface area contributed by atoms with Gasteiger partial charge >= 0.3 is 5.97 Å². The number of fused-ring (bicyclic) bond motifs is 1. The van der Waals surface area contributed by atoms with E-state index in [1.807, 2.05) is 6.92 Å². The van der Waals surface area contributed by atoms with Crippen LogP contribution in [0.5, 0.6) is 11.5 Å². The van der Waals surface area contributed by atoms with Crippen molar-refractivity contribution in [3.05, 3.63) is 58.6 Å². The van der Waals surface area contributed by atoms with Crippen molar-refractivity contribution >= 4 is 22.8 Å². The number of benzene rings is 2. The summed E-state index contributed by atoms with van der Waals surface area (Å²) in [5.41, 5.74) is 0.414. The molecule has 2 aromatic carbocycles. The van der Waals surface area contributed by atoms with Crippen molar-refractivity contribution in [2.24, 2.45) is 0 Å². The second-order valence-electron chi connectivity index (χ2n) is 9.54. The number of nitrogens with zero attached hydrogens (tertiary/aromatic N) is 2. The van der Waals surface area contributed by atoms with Crippen molar-refractivity contribution in [3.8, 4) is 22.6 Å². The van der Waals surface area contributed by atoms with Gasteiger partial charge < -0.3 is 28.8 Å². The number of hydrogen-bond acceptors (Lipinski definition) is 8. The van der Waals surface area contributed by atoms with Crippen LogP contribution in [0.2, 0.25) is 0 Å². The SMILES string of the molecule is CCCOc1ccc(F)c2c(=O)c(-c3ccc(OCC(=O)OCC)cc3)cn(CC(=O)NCCN3CCOCC3)c12. The molecule has 0 aliphatic carbocycles. The van der Waals surface area contributed by atoms with Crippen LogP contribution in [0.15, 0.2) is 47.4 Å². The van der Waals surface area contributed by atoms with Crippen LogP contribution in [0.1, 0.15) is 20.3 Å². The molecule has 1 aromatic heterocycles. The van der Waals surface area contributed by atoms with Crippen LogP contribution < -0.4 is 20.2 Å². The van der Waals surface area contributed by atoms with Gasteiger partial charge in [-0.3, -0.25) is 14.5 Å². The zero-order valence-corrected chi connectivity index (χ0v) is 23.4. The van der Waals surface area contributed by atoms with Gasteiger partial charge in [0.25, 0.3) is 0 Å². The van der Waals surface area contributed by atoms with Crippen molar-refractivity contribution in [2.75, 3.05) is 59.2 Å². The Bertz CT molecular complexity index is 1400. The Hall–Kier alpha value is -3.96. The molecule has 0 spiro atoms. The molecule has 4 rings (SSSR count). The highest BCUT2D eigenvalue weighted by Crippen LogP contribution is 2.30. The molecule has 10 nitrogen and oxygen atoms in total. The number of rotatable bonds is 13. The lowest BCUT2D eigenvalue weighted by Gasteiger charge is -2.26. The fourth-order valence-corrected chi connectivity index (χ4v) is 4.59. The Balaban J connectivity index is 1.63. The van der Waals surface area contributed by atoms with Crippen LogP contribution in [0.25, 0.3) is 22.0 Å². The average molecular weight is 570 g/mol. The van der Waals surface area contributed by atoms with Gasteiger partial charge in [-0.2, -0.15) is 0 Å². The topological polar surface area (TPSA) is 108 Å². The lowest BCUT2D eigenvalue weighted by molar-refractivity contribution is -0.145. The fourth-order valence-electron chi connectivity index (χ4n) is 4.59. The number of aromatic nitrogens is 1. The number of hydrogen-bond donors (Lipinski definition) is 1. The summed E-state index contributed by atoms with van der Waals surface area (Å²) in [7, 11) is 0. The molecule has 11 heteroatoms. The van der Waals surface area contributed by atoms with Crippen LogP contribution in [0, 0.1) is 5.82 Å². The molecule has 0 radical (unpaired) electrons. The van der Waals surface area contributed by atoms with Crippen LogP contribution in [-0.2, 0) is 25.6 Å². The fraction of sp³-hybridized carbons (Fsp3) is 0.433. The summed E-state index contributed by atoms with van der Waals surface area (Å²) < 4.78 is 38.3. The van der Waals surface area contributed by atoms with E-state index < -0.39 is 17.2 Å². The standard InChI is InChI=1S/C30H36FN3O7/c1-3-15-40-25-10-9-24(31)28-29(25)34(19-26(35)32-11-12-33-13-16-38-17-14-33)18-23(30(28)37)21-5-7-22(8-6-21)41-20-27(36)39-4-2/h5-10,18H,3-4,11-17,19-20H2,1-2H3,(H,32,35). The zero-order chi connectivity index (χ0) is 29.2. The molecule has 1 fully saturated rings. The summed E-state index contributed by atoms with van der Waals surface area (Å²) in [4.78, 5) is 40.4. The highest BCUT2D eigenvalue weighted by Gasteiger charge is 2.20. The van der Waals surface area contributed by atoms with Crippen molar-refractivity contribution < 1.29 is 32.9 Å². The lowest BCUT2D eigenvalue weighted by atomic mass is 10.0. The Morgan fingerprint density at radius 3 is 2.51 bits per heavy atom. The summed E-state index contributed by atoms with van der Waals surface area (Å²) in [6.45, 7) is 8.00. The molecule has 1 saturated heterocycles. The highest BCUT2D eigenvalue weighted by molar-refractivity contribution is 5.90. The molecule has 1 aliphatic rings. The van der Waals surface area contributed by atoms with E-state index >= 15 is 4.39 Å². The first-order valence-electron chi connectivity index (χ1n) is 13.8.